The standard InChI is InChI=1S/C17H26ClN3/c1-13-12-21(16-6-8-19-9-7-16)17(11-20-13)10-14-2-4-15(18)5-3-14/h2-5,13,16-17,19-20H,6-12H2,1H3/t13-,17-/m0/s1. The third-order valence-corrected chi connectivity index (χ3v) is 5.07. The molecule has 0 saturated carbocycles. The fourth-order valence-electron chi connectivity index (χ4n) is 3.65. The van der Waals surface area contributed by atoms with Gasteiger partial charge in [-0.15, -0.1) is 0 Å². The zero-order valence-corrected chi connectivity index (χ0v) is 13.6. The summed E-state index contributed by atoms with van der Waals surface area (Å²) >= 11 is 5.99. The van der Waals surface area contributed by atoms with Gasteiger partial charge >= 0.3 is 0 Å². The van der Waals surface area contributed by atoms with Crippen molar-refractivity contribution in [2.24, 2.45) is 0 Å². The van der Waals surface area contributed by atoms with E-state index in [0.717, 1.165) is 37.1 Å². The van der Waals surface area contributed by atoms with E-state index in [1.165, 1.54) is 24.9 Å². The Morgan fingerprint density at radius 1 is 1.19 bits per heavy atom. The van der Waals surface area contributed by atoms with Crippen LogP contribution >= 0.6 is 11.6 Å². The number of halogens is 1. The Morgan fingerprint density at radius 2 is 1.90 bits per heavy atom. The molecule has 2 atom stereocenters. The fraction of sp³-hybridized carbons (Fsp3) is 0.647. The van der Waals surface area contributed by atoms with Gasteiger partial charge in [-0.25, -0.2) is 0 Å². The predicted octanol–water partition coefficient (Wildman–Crippen LogP) is 2.30. The molecule has 0 radical (unpaired) electrons. The average Bonchev–Trinajstić information content (AvgIpc) is 2.52. The van der Waals surface area contributed by atoms with E-state index < -0.39 is 0 Å². The van der Waals surface area contributed by atoms with Crippen LogP contribution in [0.25, 0.3) is 0 Å². The van der Waals surface area contributed by atoms with Crippen molar-refractivity contribution in [1.29, 1.82) is 0 Å². The monoisotopic (exact) mass is 307 g/mol. The minimum absolute atomic E-state index is 0.598. The summed E-state index contributed by atoms with van der Waals surface area (Å²) in [5.41, 5.74) is 1.39. The van der Waals surface area contributed by atoms with Gasteiger partial charge in [0.25, 0.3) is 0 Å². The van der Waals surface area contributed by atoms with Crippen LogP contribution in [0.15, 0.2) is 24.3 Å². The molecule has 0 aliphatic carbocycles. The summed E-state index contributed by atoms with van der Waals surface area (Å²) in [6.45, 7) is 6.89. The molecular weight excluding hydrogens is 282 g/mol. The van der Waals surface area contributed by atoms with Crippen molar-refractivity contribution in [3.05, 3.63) is 34.9 Å². The molecule has 0 amide bonds. The van der Waals surface area contributed by atoms with Gasteiger partial charge in [0.15, 0.2) is 0 Å². The van der Waals surface area contributed by atoms with Crippen molar-refractivity contribution in [2.75, 3.05) is 26.2 Å². The molecule has 2 N–H and O–H groups in total. The van der Waals surface area contributed by atoms with Crippen LogP contribution in [0, 0.1) is 0 Å². The van der Waals surface area contributed by atoms with Crippen molar-refractivity contribution in [3.8, 4) is 0 Å². The Balaban J connectivity index is 1.69. The zero-order valence-electron chi connectivity index (χ0n) is 12.8. The van der Waals surface area contributed by atoms with E-state index in [0.29, 0.717) is 12.1 Å². The molecular formula is C17H26ClN3. The second-order valence-electron chi connectivity index (χ2n) is 6.47. The minimum atomic E-state index is 0.598. The van der Waals surface area contributed by atoms with Crippen LogP contribution < -0.4 is 10.6 Å². The Hall–Kier alpha value is -0.610. The SMILES string of the molecule is C[C@H]1CN(C2CCNCC2)[C@@H](Cc2ccc(Cl)cc2)CN1. The molecule has 2 fully saturated rings. The molecule has 4 heteroatoms. The van der Waals surface area contributed by atoms with Crippen LogP contribution in [0.1, 0.15) is 25.3 Å². The quantitative estimate of drug-likeness (QED) is 0.897. The molecule has 0 unspecified atom stereocenters. The molecule has 2 saturated heterocycles. The first-order chi connectivity index (χ1) is 10.2. The van der Waals surface area contributed by atoms with E-state index in [1.807, 2.05) is 12.1 Å². The van der Waals surface area contributed by atoms with Crippen molar-refractivity contribution < 1.29 is 0 Å². The molecule has 0 bridgehead atoms. The van der Waals surface area contributed by atoms with Crippen molar-refractivity contribution in [2.45, 2.75) is 44.3 Å². The lowest BCUT2D eigenvalue weighted by Crippen LogP contribution is -2.60. The maximum Gasteiger partial charge on any atom is 0.0406 e. The highest BCUT2D eigenvalue weighted by Crippen LogP contribution is 2.21. The third kappa shape index (κ3) is 3.98. The molecule has 2 aliphatic heterocycles. The van der Waals surface area contributed by atoms with E-state index >= 15 is 0 Å². The number of rotatable bonds is 3. The van der Waals surface area contributed by atoms with Crippen LogP contribution in [-0.2, 0) is 6.42 Å². The number of piperazine rings is 1. The van der Waals surface area contributed by atoms with Gasteiger partial charge in [-0.1, -0.05) is 23.7 Å². The number of hydrogen-bond donors (Lipinski definition) is 2. The predicted molar refractivity (Wildman–Crippen MR) is 89.0 cm³/mol. The maximum absolute atomic E-state index is 5.99. The Bertz CT molecular complexity index is 442. The molecule has 2 aliphatic rings. The largest absolute Gasteiger partial charge is 0.317 e. The van der Waals surface area contributed by atoms with E-state index in [1.54, 1.807) is 0 Å². The van der Waals surface area contributed by atoms with Gasteiger partial charge in [-0.05, 0) is 57.0 Å². The van der Waals surface area contributed by atoms with Crippen molar-refractivity contribution in [3.63, 3.8) is 0 Å². The Labute approximate surface area is 133 Å². The average molecular weight is 308 g/mol. The third-order valence-electron chi connectivity index (χ3n) is 4.82. The van der Waals surface area contributed by atoms with Gasteiger partial charge in [0.2, 0.25) is 0 Å². The summed E-state index contributed by atoms with van der Waals surface area (Å²) < 4.78 is 0. The van der Waals surface area contributed by atoms with Gasteiger partial charge in [-0.2, -0.15) is 0 Å². The first-order valence-corrected chi connectivity index (χ1v) is 8.54. The van der Waals surface area contributed by atoms with Crippen LogP contribution in [0.3, 0.4) is 0 Å². The zero-order chi connectivity index (χ0) is 14.7. The van der Waals surface area contributed by atoms with Crippen molar-refractivity contribution >= 4 is 11.6 Å². The van der Waals surface area contributed by atoms with E-state index in [2.05, 4.69) is 34.6 Å². The van der Waals surface area contributed by atoms with E-state index in [-0.39, 0.29) is 0 Å². The van der Waals surface area contributed by atoms with Crippen LogP contribution in [0.4, 0.5) is 0 Å². The molecule has 1 aromatic rings. The number of hydrogen-bond acceptors (Lipinski definition) is 3. The van der Waals surface area contributed by atoms with Crippen LogP contribution in [0.2, 0.25) is 5.02 Å². The van der Waals surface area contributed by atoms with E-state index in [9.17, 15) is 0 Å². The lowest BCUT2D eigenvalue weighted by atomic mass is 9.95. The fourth-order valence-corrected chi connectivity index (χ4v) is 3.78. The molecule has 0 spiro atoms. The van der Waals surface area contributed by atoms with Crippen LogP contribution in [0.5, 0.6) is 0 Å². The molecule has 1 aromatic carbocycles. The molecule has 3 nitrogen and oxygen atoms in total. The highest BCUT2D eigenvalue weighted by Gasteiger charge is 2.31. The van der Waals surface area contributed by atoms with Gasteiger partial charge < -0.3 is 10.6 Å². The number of piperidine rings is 1. The van der Waals surface area contributed by atoms with Crippen molar-refractivity contribution in [1.82, 2.24) is 15.5 Å². The number of benzene rings is 1. The summed E-state index contributed by atoms with van der Waals surface area (Å²) in [7, 11) is 0. The topological polar surface area (TPSA) is 27.3 Å². The second kappa shape index (κ2) is 7.10. The number of nitrogens with zero attached hydrogens (tertiary/aromatic N) is 1. The smallest absolute Gasteiger partial charge is 0.0406 e. The summed E-state index contributed by atoms with van der Waals surface area (Å²) in [4.78, 5) is 2.76. The van der Waals surface area contributed by atoms with Gasteiger partial charge in [0, 0.05) is 36.2 Å². The van der Waals surface area contributed by atoms with Gasteiger partial charge in [-0.3, -0.25) is 4.90 Å². The first kappa shape index (κ1) is 15.3. The lowest BCUT2D eigenvalue weighted by molar-refractivity contribution is 0.0685. The van der Waals surface area contributed by atoms with Gasteiger partial charge in [0.1, 0.15) is 0 Å². The second-order valence-corrected chi connectivity index (χ2v) is 6.91. The van der Waals surface area contributed by atoms with Gasteiger partial charge in [0.05, 0.1) is 0 Å². The summed E-state index contributed by atoms with van der Waals surface area (Å²) in [5, 5.41) is 7.95. The highest BCUT2D eigenvalue weighted by atomic mass is 35.5. The lowest BCUT2D eigenvalue weighted by Gasteiger charge is -2.45. The summed E-state index contributed by atoms with van der Waals surface area (Å²) in [6, 6.07) is 10.3. The molecule has 3 rings (SSSR count). The van der Waals surface area contributed by atoms with Crippen LogP contribution in [-0.4, -0.2) is 49.2 Å². The first-order valence-electron chi connectivity index (χ1n) is 8.16. The maximum atomic E-state index is 5.99. The Morgan fingerprint density at radius 3 is 2.62 bits per heavy atom. The molecule has 0 aromatic heterocycles. The molecule has 21 heavy (non-hydrogen) atoms. The normalized spacial score (nSPS) is 28.7. The highest BCUT2D eigenvalue weighted by molar-refractivity contribution is 6.30. The number of nitrogens with one attached hydrogen (secondary N) is 2. The summed E-state index contributed by atoms with van der Waals surface area (Å²) in [6.07, 6.45) is 3.68. The molecule has 2 heterocycles. The molecule has 116 valence electrons. The van der Waals surface area contributed by atoms with E-state index in [4.69, 9.17) is 11.6 Å². The summed E-state index contributed by atoms with van der Waals surface area (Å²) in [5.74, 6) is 0. The minimum Gasteiger partial charge on any atom is -0.317 e. The Kier molecular flexibility index (Phi) is 5.17.